The van der Waals surface area contributed by atoms with Gasteiger partial charge in [0.15, 0.2) is 17.1 Å². The molecule has 220 valence electrons. The lowest BCUT2D eigenvalue weighted by atomic mass is 9.57. The minimum absolute atomic E-state index is 0.0148. The Morgan fingerprint density at radius 2 is 1.93 bits per heavy atom. The van der Waals surface area contributed by atoms with E-state index < -0.39 is 86.7 Å². The number of ketones is 2. The molecule has 1 saturated carbocycles. The zero-order chi connectivity index (χ0) is 30.1. The second kappa shape index (κ2) is 9.93. The number of halogens is 1. The van der Waals surface area contributed by atoms with Crippen LogP contribution in [0.1, 0.15) is 37.3 Å². The number of hydrogen-bond donors (Lipinski definition) is 6. The molecule has 5 rings (SSSR count). The van der Waals surface area contributed by atoms with Crippen molar-refractivity contribution in [2.75, 3.05) is 32.5 Å². The Morgan fingerprint density at radius 1 is 1.24 bits per heavy atom. The zero-order valence-corrected chi connectivity index (χ0v) is 22.9. The Kier molecular flexibility index (Phi) is 6.95. The molecular weight excluding hydrogens is 539 g/mol. The number of phenols is 1. The number of rotatable bonds is 5. The standard InChI is InChI=1S/C28H33FN4O8/c1-11-5-4-6-33(11)10-17(34)31-16-9-15(29)13-7-12-8-14-21(32(2)3)24(37)20(27(30)40)26(39)28(14,41)25(38)18(12)23(36)19(13)22(16)35/h9,11-12,14,21,35-36,39,41H,4-8,10H2,1-3H3,(H2,30,40)(H,31,34)/t11-,12+,14+,21+,28+/m1/s1. The summed E-state index contributed by atoms with van der Waals surface area (Å²) >= 11 is 0. The smallest absolute Gasteiger partial charge is 0.255 e. The van der Waals surface area contributed by atoms with Gasteiger partial charge in [0.05, 0.1) is 23.8 Å². The van der Waals surface area contributed by atoms with Gasteiger partial charge in [0.25, 0.3) is 5.91 Å². The number of amides is 2. The molecule has 3 aliphatic carbocycles. The number of carbonyl (C=O) groups excluding carboxylic acids is 4. The molecule has 7 N–H and O–H groups in total. The average Bonchev–Trinajstić information content (AvgIpc) is 3.27. The fourth-order valence-corrected chi connectivity index (χ4v) is 6.96. The van der Waals surface area contributed by atoms with Gasteiger partial charge in [-0.3, -0.25) is 29.0 Å². The maximum atomic E-state index is 15.4. The number of nitrogens with one attached hydrogen (secondary N) is 1. The number of aliphatic hydroxyl groups is 3. The van der Waals surface area contributed by atoms with Crippen LogP contribution in [-0.2, 0) is 25.6 Å². The molecule has 0 radical (unpaired) electrons. The number of aliphatic hydroxyl groups excluding tert-OH is 2. The van der Waals surface area contributed by atoms with Gasteiger partial charge in [0.1, 0.15) is 22.9 Å². The van der Waals surface area contributed by atoms with Crippen LogP contribution in [0.4, 0.5) is 10.1 Å². The first-order valence-electron chi connectivity index (χ1n) is 13.4. The summed E-state index contributed by atoms with van der Waals surface area (Å²) in [6, 6.07) is -0.101. The molecule has 1 saturated heterocycles. The molecule has 5 atom stereocenters. The number of phenolic OH excluding ortho intramolecular Hbond substituents is 1. The summed E-state index contributed by atoms with van der Waals surface area (Å²) in [4.78, 5) is 55.1. The van der Waals surface area contributed by atoms with Crippen molar-refractivity contribution < 1.29 is 44.0 Å². The van der Waals surface area contributed by atoms with Crippen molar-refractivity contribution in [2.24, 2.45) is 17.6 Å². The van der Waals surface area contributed by atoms with Gasteiger partial charge < -0.3 is 31.5 Å². The topological polar surface area (TPSA) is 194 Å². The maximum Gasteiger partial charge on any atom is 0.255 e. The number of benzene rings is 1. The van der Waals surface area contributed by atoms with Crippen LogP contribution in [0.5, 0.6) is 5.75 Å². The molecule has 1 aromatic rings. The van der Waals surface area contributed by atoms with E-state index in [0.29, 0.717) is 0 Å². The van der Waals surface area contributed by atoms with Crippen LogP contribution in [0.2, 0.25) is 0 Å². The molecule has 0 unspecified atom stereocenters. The molecule has 1 aliphatic heterocycles. The van der Waals surface area contributed by atoms with Crippen LogP contribution in [0, 0.1) is 17.7 Å². The zero-order valence-electron chi connectivity index (χ0n) is 22.9. The number of likely N-dealkylation sites (N-methyl/N-ethyl adjacent to an activating group) is 1. The molecule has 1 aromatic carbocycles. The summed E-state index contributed by atoms with van der Waals surface area (Å²) in [5.41, 5.74) is 0.360. The van der Waals surface area contributed by atoms with E-state index in [1.54, 1.807) is 0 Å². The Balaban J connectivity index is 1.58. The molecule has 13 heteroatoms. The normalized spacial score (nSPS) is 29.9. The average molecular weight is 573 g/mol. The lowest BCUT2D eigenvalue weighted by molar-refractivity contribution is -0.153. The minimum atomic E-state index is -2.79. The SMILES string of the molecule is C[C@@H]1CCCN1CC(=O)Nc1cc(F)c2c(c1O)C(O)=C1C(=O)[C@]3(O)C(O)=C(C(N)=O)C(=O)[C@@H](N(C)C)[C@@H]3C[C@@H]1C2. The number of carbonyl (C=O) groups is 4. The van der Waals surface area contributed by atoms with Crippen LogP contribution in [0.3, 0.4) is 0 Å². The molecule has 0 bridgehead atoms. The van der Waals surface area contributed by atoms with E-state index in [2.05, 4.69) is 5.32 Å². The lowest BCUT2D eigenvalue weighted by Gasteiger charge is -2.50. The van der Waals surface area contributed by atoms with Crippen molar-refractivity contribution in [1.82, 2.24) is 9.80 Å². The third-order valence-electron chi connectivity index (χ3n) is 8.98. The van der Waals surface area contributed by atoms with Crippen LogP contribution in [0.15, 0.2) is 23.0 Å². The second-order valence-corrected chi connectivity index (χ2v) is 11.6. The van der Waals surface area contributed by atoms with Crippen LogP contribution >= 0.6 is 0 Å². The summed E-state index contributed by atoms with van der Waals surface area (Å²) in [6.45, 7) is 2.72. The Hall–Kier alpha value is -3.81. The van der Waals surface area contributed by atoms with Crippen LogP contribution in [-0.4, -0.2) is 98.5 Å². The third-order valence-corrected chi connectivity index (χ3v) is 8.98. The van der Waals surface area contributed by atoms with Gasteiger partial charge in [-0.05, 0) is 59.2 Å². The summed E-state index contributed by atoms with van der Waals surface area (Å²) in [5.74, 6) is -9.62. The number of anilines is 1. The van der Waals surface area contributed by atoms with Gasteiger partial charge in [0, 0.05) is 29.2 Å². The van der Waals surface area contributed by atoms with Crippen molar-refractivity contribution >= 4 is 34.8 Å². The van der Waals surface area contributed by atoms with Gasteiger partial charge in [-0.1, -0.05) is 0 Å². The van der Waals surface area contributed by atoms with Crippen molar-refractivity contribution in [3.8, 4) is 5.75 Å². The number of nitrogens with zero attached hydrogens (tertiary/aromatic N) is 2. The van der Waals surface area contributed by atoms with Crippen LogP contribution < -0.4 is 11.1 Å². The molecular formula is C28H33FN4O8. The van der Waals surface area contributed by atoms with E-state index in [9.17, 15) is 39.6 Å². The van der Waals surface area contributed by atoms with Crippen molar-refractivity contribution in [3.05, 3.63) is 39.9 Å². The number of fused-ring (bicyclic) bond motifs is 3. The predicted octanol–water partition coefficient (Wildman–Crippen LogP) is 0.526. The summed E-state index contributed by atoms with van der Waals surface area (Å²) < 4.78 is 15.4. The van der Waals surface area contributed by atoms with E-state index in [1.807, 2.05) is 11.8 Å². The number of aromatic hydroxyl groups is 1. The van der Waals surface area contributed by atoms with Gasteiger partial charge in [0.2, 0.25) is 11.7 Å². The first-order chi connectivity index (χ1) is 19.2. The monoisotopic (exact) mass is 572 g/mol. The maximum absolute atomic E-state index is 15.4. The van der Waals surface area contributed by atoms with Crippen LogP contribution in [0.25, 0.3) is 5.76 Å². The van der Waals surface area contributed by atoms with Crippen molar-refractivity contribution in [1.29, 1.82) is 0 Å². The molecule has 12 nitrogen and oxygen atoms in total. The fourth-order valence-electron chi connectivity index (χ4n) is 6.96. The van der Waals surface area contributed by atoms with E-state index in [0.717, 1.165) is 25.5 Å². The van der Waals surface area contributed by atoms with Crippen molar-refractivity contribution in [2.45, 2.75) is 50.3 Å². The molecule has 2 fully saturated rings. The lowest BCUT2D eigenvalue weighted by Crippen LogP contribution is -2.65. The van der Waals surface area contributed by atoms with E-state index in [-0.39, 0.29) is 36.7 Å². The molecule has 0 aromatic heterocycles. The fraction of sp³-hybridized carbons (Fsp3) is 0.500. The predicted molar refractivity (Wildman–Crippen MR) is 143 cm³/mol. The minimum Gasteiger partial charge on any atom is -0.508 e. The van der Waals surface area contributed by atoms with Gasteiger partial charge >= 0.3 is 0 Å². The van der Waals surface area contributed by atoms with E-state index in [1.165, 1.54) is 19.0 Å². The molecule has 2 amide bonds. The number of nitrogens with two attached hydrogens (primary N) is 1. The largest absolute Gasteiger partial charge is 0.508 e. The highest BCUT2D eigenvalue weighted by atomic mass is 19.1. The van der Waals surface area contributed by atoms with E-state index in [4.69, 9.17) is 5.73 Å². The van der Waals surface area contributed by atoms with Gasteiger partial charge in [-0.15, -0.1) is 0 Å². The second-order valence-electron chi connectivity index (χ2n) is 11.6. The molecule has 1 heterocycles. The number of likely N-dealkylation sites (tertiary alicyclic amines) is 1. The summed E-state index contributed by atoms with van der Waals surface area (Å²) in [6.07, 6.45) is 1.53. The number of Topliss-reactive ketones (excluding diaryl/α,β-unsaturated/α-hetero) is 2. The Morgan fingerprint density at radius 3 is 2.51 bits per heavy atom. The number of hydrogen-bond acceptors (Lipinski definition) is 10. The first kappa shape index (κ1) is 28.7. The highest BCUT2D eigenvalue weighted by molar-refractivity contribution is 6.24. The van der Waals surface area contributed by atoms with E-state index >= 15 is 4.39 Å². The molecule has 4 aliphatic rings. The summed E-state index contributed by atoms with van der Waals surface area (Å²) in [7, 11) is 2.98. The van der Waals surface area contributed by atoms with Gasteiger partial charge in [-0.2, -0.15) is 0 Å². The third kappa shape index (κ3) is 4.21. The van der Waals surface area contributed by atoms with Gasteiger partial charge in [-0.25, -0.2) is 4.39 Å². The number of primary amides is 1. The molecule has 0 spiro atoms. The van der Waals surface area contributed by atoms with Crippen molar-refractivity contribution in [3.63, 3.8) is 0 Å². The highest BCUT2D eigenvalue weighted by Gasteiger charge is 2.64. The first-order valence-corrected chi connectivity index (χ1v) is 13.4. The Bertz CT molecular complexity index is 1450. The molecule has 41 heavy (non-hydrogen) atoms. The highest BCUT2D eigenvalue weighted by Crippen LogP contribution is 2.53. The Labute approximate surface area is 234 Å². The quantitative estimate of drug-likeness (QED) is 0.214. The summed E-state index contributed by atoms with van der Waals surface area (Å²) in [5, 5.41) is 47.3.